The number of nitrogens with one attached hydrogen (secondary N) is 1. The van der Waals surface area contributed by atoms with Crippen molar-refractivity contribution < 1.29 is 8.42 Å². The fourth-order valence-electron chi connectivity index (χ4n) is 2.18. The average Bonchev–Trinajstić information content (AvgIpc) is 2.87. The molecule has 2 aromatic rings. The number of aromatic nitrogens is 3. The summed E-state index contributed by atoms with van der Waals surface area (Å²) < 4.78 is 28.7. The van der Waals surface area contributed by atoms with Crippen LogP contribution in [0.4, 0.5) is 5.95 Å². The van der Waals surface area contributed by atoms with Crippen LogP contribution in [0.3, 0.4) is 0 Å². The Bertz CT molecular complexity index is 739. The molecule has 1 aromatic carbocycles. The van der Waals surface area contributed by atoms with E-state index in [0.29, 0.717) is 5.16 Å². The third-order valence-corrected chi connectivity index (χ3v) is 5.50. The van der Waals surface area contributed by atoms with Crippen LogP contribution in [0.25, 0.3) is 0 Å². The summed E-state index contributed by atoms with van der Waals surface area (Å²) in [4.78, 5) is 4.35. The Balaban J connectivity index is 2.09. The first-order valence-electron chi connectivity index (χ1n) is 7.53. The molecule has 0 saturated carbocycles. The maximum atomic E-state index is 12.4. The first-order valence-corrected chi connectivity index (χ1v) is 10.2. The molecule has 126 valence electrons. The van der Waals surface area contributed by atoms with Crippen molar-refractivity contribution in [2.24, 2.45) is 7.05 Å². The van der Waals surface area contributed by atoms with Gasteiger partial charge in [0.1, 0.15) is 0 Å². The maximum absolute atomic E-state index is 12.4. The van der Waals surface area contributed by atoms with Crippen LogP contribution in [0.5, 0.6) is 0 Å². The van der Waals surface area contributed by atoms with E-state index >= 15 is 0 Å². The van der Waals surface area contributed by atoms with Gasteiger partial charge in [0.25, 0.3) is 16.0 Å². The van der Waals surface area contributed by atoms with Gasteiger partial charge < -0.3 is 0 Å². The van der Waals surface area contributed by atoms with Crippen LogP contribution in [-0.2, 0) is 23.5 Å². The number of nitrogens with zero attached hydrogens (tertiary/aromatic N) is 3. The molecule has 0 radical (unpaired) electrons. The molecule has 0 unspecified atom stereocenters. The van der Waals surface area contributed by atoms with Crippen molar-refractivity contribution in [2.75, 3.05) is 11.0 Å². The van der Waals surface area contributed by atoms with Crippen molar-refractivity contribution in [3.05, 3.63) is 29.8 Å². The second kappa shape index (κ2) is 7.83. The van der Waals surface area contributed by atoms with Crippen molar-refractivity contribution in [1.82, 2.24) is 14.8 Å². The van der Waals surface area contributed by atoms with Crippen molar-refractivity contribution in [3.8, 4) is 0 Å². The molecule has 6 nitrogen and oxygen atoms in total. The highest BCUT2D eigenvalue weighted by atomic mass is 32.2. The van der Waals surface area contributed by atoms with Crippen LogP contribution < -0.4 is 4.72 Å². The van der Waals surface area contributed by atoms with Crippen LogP contribution in [0, 0.1) is 0 Å². The quantitative estimate of drug-likeness (QED) is 0.582. The van der Waals surface area contributed by atoms with Gasteiger partial charge >= 0.3 is 0 Å². The Labute approximate surface area is 141 Å². The molecule has 0 bridgehead atoms. The number of thioether (sulfide) groups is 1. The second-order valence-electron chi connectivity index (χ2n) is 5.25. The van der Waals surface area contributed by atoms with E-state index in [1.165, 1.54) is 24.6 Å². The highest BCUT2D eigenvalue weighted by Crippen LogP contribution is 2.18. The Kier molecular flexibility index (Phi) is 6.06. The molecular weight excluding hydrogens is 332 g/mol. The summed E-state index contributed by atoms with van der Waals surface area (Å²) in [6.45, 7) is 2.16. The van der Waals surface area contributed by atoms with E-state index < -0.39 is 10.0 Å². The predicted octanol–water partition coefficient (Wildman–Crippen LogP) is 3.07. The minimum Gasteiger partial charge on any atom is -0.246 e. The summed E-state index contributed by atoms with van der Waals surface area (Å²) in [7, 11) is -1.94. The summed E-state index contributed by atoms with van der Waals surface area (Å²) in [5, 5.41) is 4.70. The lowest BCUT2D eigenvalue weighted by molar-refractivity contribution is 0.600. The minimum absolute atomic E-state index is 0.0869. The average molecular weight is 355 g/mol. The largest absolute Gasteiger partial charge is 0.264 e. The molecule has 1 aromatic heterocycles. The first-order chi connectivity index (χ1) is 11.0. The van der Waals surface area contributed by atoms with Crippen LogP contribution in [0.2, 0.25) is 0 Å². The lowest BCUT2D eigenvalue weighted by atomic mass is 10.1. The number of rotatable bonds is 8. The summed E-state index contributed by atoms with van der Waals surface area (Å²) in [6, 6.07) is 6.98. The molecule has 1 N–H and O–H groups in total. The van der Waals surface area contributed by atoms with E-state index in [1.54, 1.807) is 23.9 Å². The molecule has 0 aliphatic rings. The zero-order valence-corrected chi connectivity index (χ0v) is 15.2. The third kappa shape index (κ3) is 4.71. The van der Waals surface area contributed by atoms with E-state index in [0.717, 1.165) is 18.4 Å². The highest BCUT2D eigenvalue weighted by molar-refractivity contribution is 7.98. The fourth-order valence-corrected chi connectivity index (χ4v) is 3.61. The monoisotopic (exact) mass is 354 g/mol. The van der Waals surface area contributed by atoms with Gasteiger partial charge in [-0.1, -0.05) is 43.7 Å². The second-order valence-corrected chi connectivity index (χ2v) is 7.71. The molecule has 0 aliphatic carbocycles. The first kappa shape index (κ1) is 17.8. The summed E-state index contributed by atoms with van der Waals surface area (Å²) >= 11 is 1.40. The molecule has 0 saturated heterocycles. The highest BCUT2D eigenvalue weighted by Gasteiger charge is 2.17. The lowest BCUT2D eigenvalue weighted by Gasteiger charge is -2.06. The van der Waals surface area contributed by atoms with E-state index in [2.05, 4.69) is 21.7 Å². The topological polar surface area (TPSA) is 76.9 Å². The molecule has 2 rings (SSSR count). The van der Waals surface area contributed by atoms with Gasteiger partial charge in [-0.2, -0.15) is 4.98 Å². The molecule has 1 heterocycles. The van der Waals surface area contributed by atoms with Crippen LogP contribution in [0.15, 0.2) is 34.3 Å². The van der Waals surface area contributed by atoms with Crippen molar-refractivity contribution in [1.29, 1.82) is 0 Å². The molecule has 0 aliphatic heterocycles. The summed E-state index contributed by atoms with van der Waals surface area (Å²) in [6.07, 6.45) is 6.31. The summed E-state index contributed by atoms with van der Waals surface area (Å²) in [5.41, 5.74) is 1.15. The van der Waals surface area contributed by atoms with Gasteiger partial charge in [-0.05, 0) is 36.8 Å². The Morgan fingerprint density at radius 1 is 1.22 bits per heavy atom. The number of benzene rings is 1. The number of sulfonamides is 1. The van der Waals surface area contributed by atoms with Gasteiger partial charge in [-0.15, -0.1) is 5.10 Å². The molecule has 0 atom stereocenters. The number of hydrogen-bond donors (Lipinski definition) is 1. The standard InChI is InChI=1S/C15H22N4O2S2/c1-4-5-6-7-12-8-10-13(11-9-12)23(20,21)18-14-16-15(22-3)19(2)17-14/h8-11H,4-7H2,1-3H3,(H,17,18). The zero-order valence-electron chi connectivity index (χ0n) is 13.6. The third-order valence-electron chi connectivity index (χ3n) is 3.43. The smallest absolute Gasteiger partial charge is 0.246 e. The van der Waals surface area contributed by atoms with Crippen molar-refractivity contribution in [2.45, 2.75) is 42.7 Å². The number of unbranched alkanes of at least 4 members (excludes halogenated alkanes) is 2. The van der Waals surface area contributed by atoms with Crippen LogP contribution in [0.1, 0.15) is 31.7 Å². The van der Waals surface area contributed by atoms with Gasteiger partial charge in [0.05, 0.1) is 4.90 Å². The fraction of sp³-hybridized carbons (Fsp3) is 0.467. The molecular formula is C15H22N4O2S2. The van der Waals surface area contributed by atoms with Crippen molar-refractivity contribution >= 4 is 27.7 Å². The molecule has 0 spiro atoms. The number of aryl methyl sites for hydroxylation is 2. The van der Waals surface area contributed by atoms with E-state index in [4.69, 9.17) is 0 Å². The van der Waals surface area contributed by atoms with E-state index in [1.807, 2.05) is 18.4 Å². The van der Waals surface area contributed by atoms with E-state index in [-0.39, 0.29) is 10.8 Å². The lowest BCUT2D eigenvalue weighted by Crippen LogP contribution is -2.14. The normalized spacial score (nSPS) is 11.6. The molecule has 23 heavy (non-hydrogen) atoms. The maximum Gasteiger partial charge on any atom is 0.264 e. The van der Waals surface area contributed by atoms with Crippen LogP contribution >= 0.6 is 11.8 Å². The molecule has 0 fully saturated rings. The number of hydrogen-bond acceptors (Lipinski definition) is 5. The van der Waals surface area contributed by atoms with Gasteiger partial charge in [-0.25, -0.2) is 17.8 Å². The van der Waals surface area contributed by atoms with Gasteiger partial charge in [0.15, 0.2) is 5.16 Å². The van der Waals surface area contributed by atoms with Crippen LogP contribution in [-0.4, -0.2) is 29.4 Å². The van der Waals surface area contributed by atoms with Gasteiger partial charge in [-0.3, -0.25) is 0 Å². The Morgan fingerprint density at radius 2 is 1.91 bits per heavy atom. The van der Waals surface area contributed by atoms with Crippen molar-refractivity contribution in [3.63, 3.8) is 0 Å². The Hall–Kier alpha value is -1.54. The Morgan fingerprint density at radius 3 is 2.48 bits per heavy atom. The van der Waals surface area contributed by atoms with Gasteiger partial charge in [0.2, 0.25) is 0 Å². The van der Waals surface area contributed by atoms with E-state index in [9.17, 15) is 8.42 Å². The minimum atomic E-state index is -3.66. The molecule has 8 heteroatoms. The SMILES string of the molecule is CCCCCc1ccc(S(=O)(=O)Nc2nc(SC)n(C)n2)cc1. The summed E-state index contributed by atoms with van der Waals surface area (Å²) in [5.74, 6) is 0.0869. The predicted molar refractivity (Wildman–Crippen MR) is 93.3 cm³/mol. The number of anilines is 1. The van der Waals surface area contributed by atoms with Gasteiger partial charge in [0, 0.05) is 7.05 Å². The zero-order chi connectivity index (χ0) is 16.9. The molecule has 0 amide bonds.